The molecule has 0 unspecified atom stereocenters. The highest BCUT2D eigenvalue weighted by atomic mass is 19.1. The van der Waals surface area contributed by atoms with Gasteiger partial charge in [0.05, 0.1) is 14.1 Å². The Morgan fingerprint density at radius 3 is 2.60 bits per heavy atom. The first-order valence-corrected chi connectivity index (χ1v) is 4.68. The molecule has 0 aromatic carbocycles. The predicted molar refractivity (Wildman–Crippen MR) is 54.5 cm³/mol. The SMILES string of the molecule is CO[C@@H]1C=CC(=[N+](C)C)N(C(C)=O)[C@@H]1F. The first-order valence-electron chi connectivity index (χ1n) is 4.68. The van der Waals surface area contributed by atoms with Crippen molar-refractivity contribution < 1.29 is 18.5 Å². The summed E-state index contributed by atoms with van der Waals surface area (Å²) in [5.74, 6) is 0.195. The summed E-state index contributed by atoms with van der Waals surface area (Å²) in [5, 5.41) is 0. The number of methoxy groups -OCH3 is 1. The lowest BCUT2D eigenvalue weighted by atomic mass is 10.2. The van der Waals surface area contributed by atoms with E-state index in [-0.39, 0.29) is 5.91 Å². The van der Waals surface area contributed by atoms with Crippen LogP contribution in [0, 0.1) is 0 Å². The Labute approximate surface area is 88.6 Å². The largest absolute Gasteiger partial charge is 0.370 e. The third kappa shape index (κ3) is 2.23. The first-order chi connectivity index (χ1) is 6.99. The third-order valence-corrected chi connectivity index (χ3v) is 2.27. The van der Waals surface area contributed by atoms with E-state index in [0.717, 1.165) is 4.90 Å². The molecular weight excluding hydrogens is 199 g/mol. The van der Waals surface area contributed by atoms with Crippen molar-refractivity contribution in [3.05, 3.63) is 12.2 Å². The summed E-state index contributed by atoms with van der Waals surface area (Å²) in [6.45, 7) is 1.34. The Kier molecular flexibility index (Phi) is 3.57. The molecule has 0 saturated carbocycles. The van der Waals surface area contributed by atoms with Gasteiger partial charge in [-0.05, 0) is 6.08 Å². The van der Waals surface area contributed by atoms with Gasteiger partial charge in [-0.15, -0.1) is 0 Å². The number of amidine groups is 1. The molecule has 2 atom stereocenters. The van der Waals surface area contributed by atoms with E-state index in [9.17, 15) is 9.18 Å². The zero-order chi connectivity index (χ0) is 11.6. The number of nitrogens with zero attached hydrogens (tertiary/aromatic N) is 2. The highest BCUT2D eigenvalue weighted by Gasteiger charge is 2.40. The lowest BCUT2D eigenvalue weighted by molar-refractivity contribution is -0.469. The molecule has 0 spiro atoms. The minimum absolute atomic E-state index is 0.336. The summed E-state index contributed by atoms with van der Waals surface area (Å²) in [6, 6.07) is 0. The molecule has 5 heteroatoms. The predicted octanol–water partition coefficient (Wildman–Crippen LogP) is 0.386. The molecule has 0 aliphatic carbocycles. The van der Waals surface area contributed by atoms with Crippen LogP contribution in [0.2, 0.25) is 0 Å². The molecule has 0 N–H and O–H groups in total. The lowest BCUT2D eigenvalue weighted by Gasteiger charge is -2.26. The van der Waals surface area contributed by atoms with Gasteiger partial charge in [-0.3, -0.25) is 4.58 Å². The van der Waals surface area contributed by atoms with E-state index in [1.165, 1.54) is 14.0 Å². The molecule has 4 nitrogen and oxygen atoms in total. The second kappa shape index (κ2) is 4.53. The van der Waals surface area contributed by atoms with E-state index >= 15 is 0 Å². The average molecular weight is 215 g/mol. The van der Waals surface area contributed by atoms with E-state index in [0.29, 0.717) is 5.84 Å². The van der Waals surface area contributed by atoms with E-state index < -0.39 is 12.4 Å². The van der Waals surface area contributed by atoms with Crippen molar-refractivity contribution in [2.24, 2.45) is 0 Å². The molecular formula is C10H16FN2O2+. The monoisotopic (exact) mass is 215 g/mol. The van der Waals surface area contributed by atoms with Crippen LogP contribution in [0.15, 0.2) is 12.2 Å². The van der Waals surface area contributed by atoms with Gasteiger partial charge in [-0.25, -0.2) is 4.79 Å². The van der Waals surface area contributed by atoms with Crippen LogP contribution in [0.1, 0.15) is 6.92 Å². The Balaban J connectivity index is 3.12. The summed E-state index contributed by atoms with van der Waals surface area (Å²) in [6.07, 6.45) is 1.14. The van der Waals surface area contributed by atoms with Crippen LogP contribution in [-0.2, 0) is 9.53 Å². The van der Waals surface area contributed by atoms with Crippen molar-refractivity contribution in [3.8, 4) is 0 Å². The van der Waals surface area contributed by atoms with E-state index in [1.54, 1.807) is 30.8 Å². The van der Waals surface area contributed by atoms with Gasteiger partial charge in [0.15, 0.2) is 0 Å². The van der Waals surface area contributed by atoms with E-state index in [4.69, 9.17) is 4.74 Å². The van der Waals surface area contributed by atoms with Crippen molar-refractivity contribution in [3.63, 3.8) is 0 Å². The van der Waals surface area contributed by atoms with Crippen molar-refractivity contribution in [2.75, 3.05) is 21.2 Å². The quantitative estimate of drug-likeness (QED) is 0.468. The lowest BCUT2D eigenvalue weighted by Crippen LogP contribution is -2.51. The van der Waals surface area contributed by atoms with Crippen LogP contribution in [0.3, 0.4) is 0 Å². The molecule has 0 aromatic heterocycles. The molecule has 0 fully saturated rings. The van der Waals surface area contributed by atoms with Crippen molar-refractivity contribution in [2.45, 2.75) is 19.3 Å². The Bertz CT molecular complexity index is 321. The molecule has 1 aliphatic rings. The normalized spacial score (nSPS) is 25.7. The molecule has 0 bridgehead atoms. The maximum absolute atomic E-state index is 13.9. The molecule has 0 radical (unpaired) electrons. The molecule has 1 heterocycles. The maximum atomic E-state index is 13.9. The third-order valence-electron chi connectivity index (χ3n) is 2.27. The van der Waals surface area contributed by atoms with Crippen LogP contribution in [0.5, 0.6) is 0 Å². The molecule has 1 aliphatic heterocycles. The second-order valence-corrected chi connectivity index (χ2v) is 3.57. The number of hydrogen-bond donors (Lipinski definition) is 0. The summed E-state index contributed by atoms with van der Waals surface area (Å²) >= 11 is 0. The number of rotatable bonds is 1. The fourth-order valence-corrected chi connectivity index (χ4v) is 1.52. The summed E-state index contributed by atoms with van der Waals surface area (Å²) in [4.78, 5) is 12.4. The van der Waals surface area contributed by atoms with Crippen LogP contribution in [-0.4, -0.2) is 54.8 Å². The van der Waals surface area contributed by atoms with E-state index in [2.05, 4.69) is 0 Å². The Hall–Kier alpha value is -1.23. The van der Waals surface area contributed by atoms with Crippen molar-refractivity contribution >= 4 is 11.7 Å². The summed E-state index contributed by atoms with van der Waals surface area (Å²) in [5.41, 5.74) is 0. The molecule has 15 heavy (non-hydrogen) atoms. The number of amides is 1. The van der Waals surface area contributed by atoms with Gasteiger partial charge in [0.1, 0.15) is 6.10 Å². The topological polar surface area (TPSA) is 32.5 Å². The standard InChI is InChI=1S/C10H16FN2O2/c1-7(14)13-9(12(2)3)6-5-8(15-4)10(13)11/h5-6,8,10H,1-4H3/q+1/t8-,10+/m1/s1. The van der Waals surface area contributed by atoms with Crippen LogP contribution in [0.25, 0.3) is 0 Å². The number of ether oxygens (including phenoxy) is 1. The minimum atomic E-state index is -1.46. The highest BCUT2D eigenvalue weighted by molar-refractivity contribution is 6.01. The number of carbonyl (C=O) groups excluding carboxylic acids is 1. The number of halogens is 1. The summed E-state index contributed by atoms with van der Waals surface area (Å²) in [7, 11) is 4.94. The van der Waals surface area contributed by atoms with Crippen molar-refractivity contribution in [1.82, 2.24) is 4.90 Å². The smallest absolute Gasteiger partial charge is 0.309 e. The molecule has 0 saturated heterocycles. The molecule has 0 aromatic rings. The van der Waals surface area contributed by atoms with Crippen LogP contribution >= 0.6 is 0 Å². The highest BCUT2D eigenvalue weighted by Crippen LogP contribution is 2.17. The van der Waals surface area contributed by atoms with Gasteiger partial charge >= 0.3 is 5.91 Å². The Morgan fingerprint density at radius 1 is 1.60 bits per heavy atom. The summed E-state index contributed by atoms with van der Waals surface area (Å²) < 4.78 is 20.5. The van der Waals surface area contributed by atoms with Gasteiger partial charge in [-0.1, -0.05) is 0 Å². The average Bonchev–Trinajstić information content (AvgIpc) is 2.16. The van der Waals surface area contributed by atoms with Gasteiger partial charge in [0.2, 0.25) is 0 Å². The minimum Gasteiger partial charge on any atom is -0.370 e. The maximum Gasteiger partial charge on any atom is 0.309 e. The molecule has 84 valence electrons. The first kappa shape index (κ1) is 11.8. The van der Waals surface area contributed by atoms with Gasteiger partial charge < -0.3 is 4.74 Å². The van der Waals surface area contributed by atoms with Gasteiger partial charge in [0, 0.05) is 20.1 Å². The number of hydrogen-bond acceptors (Lipinski definition) is 2. The molecule has 1 rings (SSSR count). The molecule has 1 amide bonds. The zero-order valence-corrected chi connectivity index (χ0v) is 9.40. The van der Waals surface area contributed by atoms with Crippen LogP contribution in [0.4, 0.5) is 4.39 Å². The number of alkyl halides is 1. The Morgan fingerprint density at radius 2 is 2.20 bits per heavy atom. The second-order valence-electron chi connectivity index (χ2n) is 3.57. The number of carbonyl (C=O) groups is 1. The van der Waals surface area contributed by atoms with E-state index in [1.807, 2.05) is 0 Å². The van der Waals surface area contributed by atoms with Gasteiger partial charge in [-0.2, -0.15) is 9.29 Å². The van der Waals surface area contributed by atoms with Crippen LogP contribution < -0.4 is 0 Å². The van der Waals surface area contributed by atoms with Crippen molar-refractivity contribution in [1.29, 1.82) is 0 Å². The fraction of sp³-hybridized carbons (Fsp3) is 0.600. The zero-order valence-electron chi connectivity index (χ0n) is 9.40. The fourth-order valence-electron chi connectivity index (χ4n) is 1.52. The van der Waals surface area contributed by atoms with Gasteiger partial charge in [0.25, 0.3) is 12.1 Å².